The topological polar surface area (TPSA) is 94.1 Å². The van der Waals surface area contributed by atoms with Crippen molar-refractivity contribution in [1.82, 2.24) is 20.5 Å². The summed E-state index contributed by atoms with van der Waals surface area (Å²) in [6.45, 7) is 3.68. The van der Waals surface area contributed by atoms with E-state index >= 15 is 0 Å². The first-order valence-electron chi connectivity index (χ1n) is 7.80. The van der Waals surface area contributed by atoms with Gasteiger partial charge in [0.1, 0.15) is 11.5 Å². The van der Waals surface area contributed by atoms with Crippen LogP contribution in [-0.4, -0.2) is 45.4 Å². The molecule has 1 saturated heterocycles. The molecule has 1 amide bonds. The number of anilines is 1. The van der Waals surface area contributed by atoms with Crippen LogP contribution in [0.3, 0.4) is 0 Å². The van der Waals surface area contributed by atoms with Crippen LogP contribution in [0.2, 0.25) is 0 Å². The van der Waals surface area contributed by atoms with Gasteiger partial charge >= 0.3 is 0 Å². The highest BCUT2D eigenvalue weighted by molar-refractivity contribution is 5.92. The molecule has 2 aromatic rings. The minimum Gasteiger partial charge on any atom is -0.391 e. The third-order valence-corrected chi connectivity index (χ3v) is 3.94. The van der Waals surface area contributed by atoms with Crippen molar-refractivity contribution in [1.29, 1.82) is 0 Å². The summed E-state index contributed by atoms with van der Waals surface area (Å²) < 4.78 is 0. The van der Waals surface area contributed by atoms with E-state index in [1.807, 2.05) is 19.1 Å². The lowest BCUT2D eigenvalue weighted by molar-refractivity contribution is 0.0945. The maximum Gasteiger partial charge on any atom is 0.272 e. The molecule has 3 heterocycles. The van der Waals surface area contributed by atoms with E-state index in [1.54, 1.807) is 12.3 Å². The third-order valence-electron chi connectivity index (χ3n) is 3.94. The summed E-state index contributed by atoms with van der Waals surface area (Å²) in [5.41, 5.74) is 2.16. The van der Waals surface area contributed by atoms with Crippen LogP contribution in [0, 0.1) is 6.92 Å². The minimum absolute atomic E-state index is 0.220. The molecule has 1 aliphatic rings. The first-order chi connectivity index (χ1) is 11.1. The number of aromatic amines is 1. The quantitative estimate of drug-likeness (QED) is 0.782. The van der Waals surface area contributed by atoms with Crippen LogP contribution in [0.5, 0.6) is 0 Å². The molecule has 0 aliphatic carbocycles. The van der Waals surface area contributed by atoms with Gasteiger partial charge in [-0.05, 0) is 31.9 Å². The second-order valence-corrected chi connectivity index (χ2v) is 5.85. The van der Waals surface area contributed by atoms with Crippen LogP contribution in [0.15, 0.2) is 24.4 Å². The largest absolute Gasteiger partial charge is 0.391 e. The molecule has 1 atom stereocenters. The van der Waals surface area contributed by atoms with Crippen molar-refractivity contribution in [2.45, 2.75) is 32.4 Å². The number of β-amino-alcohol motifs (C(OH)–C–C–N with tert-alkyl or cyclic N) is 1. The van der Waals surface area contributed by atoms with E-state index in [1.165, 1.54) is 0 Å². The van der Waals surface area contributed by atoms with Gasteiger partial charge in [-0.25, -0.2) is 4.98 Å². The molecule has 2 aromatic heterocycles. The zero-order valence-corrected chi connectivity index (χ0v) is 13.1. The number of aryl methyl sites for hydroxylation is 1. The highest BCUT2D eigenvalue weighted by Gasteiger charge is 2.21. The number of nitrogens with one attached hydrogen (secondary N) is 2. The number of amides is 1. The van der Waals surface area contributed by atoms with E-state index in [9.17, 15) is 9.90 Å². The number of hydrogen-bond donors (Lipinski definition) is 3. The highest BCUT2D eigenvalue weighted by Crippen LogP contribution is 2.21. The van der Waals surface area contributed by atoms with Crippen molar-refractivity contribution < 1.29 is 9.90 Å². The van der Waals surface area contributed by atoms with Gasteiger partial charge in [-0.2, -0.15) is 5.10 Å². The molecule has 0 radical (unpaired) electrons. The Morgan fingerprint density at radius 3 is 3.17 bits per heavy atom. The van der Waals surface area contributed by atoms with Crippen LogP contribution in [-0.2, 0) is 6.54 Å². The summed E-state index contributed by atoms with van der Waals surface area (Å²) >= 11 is 0. The number of carbonyl (C=O) groups excluding carboxylic acids is 1. The fourth-order valence-corrected chi connectivity index (χ4v) is 2.80. The van der Waals surface area contributed by atoms with Crippen molar-refractivity contribution in [3.8, 4) is 0 Å². The molecule has 7 nitrogen and oxygen atoms in total. The van der Waals surface area contributed by atoms with Gasteiger partial charge in [0.25, 0.3) is 5.91 Å². The normalized spacial score (nSPS) is 18.0. The molecule has 1 unspecified atom stereocenters. The fraction of sp³-hybridized carbons (Fsp3) is 0.438. The molecular formula is C16H21N5O2. The van der Waals surface area contributed by atoms with Crippen LogP contribution in [0.1, 0.15) is 34.6 Å². The summed E-state index contributed by atoms with van der Waals surface area (Å²) in [6, 6.07) is 5.50. The number of pyridine rings is 1. The van der Waals surface area contributed by atoms with Crippen molar-refractivity contribution in [3.63, 3.8) is 0 Å². The SMILES string of the molecule is Cc1cc(C(=O)NCc2cccnc2N2CCCC(O)C2)n[nH]1. The fourth-order valence-electron chi connectivity index (χ4n) is 2.80. The van der Waals surface area contributed by atoms with Gasteiger partial charge in [0.15, 0.2) is 0 Å². The second kappa shape index (κ2) is 6.78. The molecule has 0 aromatic carbocycles. The minimum atomic E-state index is -0.319. The van der Waals surface area contributed by atoms with Crippen LogP contribution in [0.25, 0.3) is 0 Å². The van der Waals surface area contributed by atoms with E-state index in [4.69, 9.17) is 0 Å². The van der Waals surface area contributed by atoms with E-state index in [-0.39, 0.29) is 12.0 Å². The van der Waals surface area contributed by atoms with E-state index in [0.29, 0.717) is 18.8 Å². The first-order valence-corrected chi connectivity index (χ1v) is 7.80. The van der Waals surface area contributed by atoms with Gasteiger partial charge in [-0.3, -0.25) is 9.89 Å². The molecule has 23 heavy (non-hydrogen) atoms. The van der Waals surface area contributed by atoms with Crippen molar-refractivity contribution in [2.75, 3.05) is 18.0 Å². The Labute approximate surface area is 134 Å². The molecule has 0 bridgehead atoms. The van der Waals surface area contributed by atoms with Crippen LogP contribution >= 0.6 is 0 Å². The van der Waals surface area contributed by atoms with Crippen LogP contribution in [0.4, 0.5) is 5.82 Å². The second-order valence-electron chi connectivity index (χ2n) is 5.85. The monoisotopic (exact) mass is 315 g/mol. The Hall–Kier alpha value is -2.41. The standard InChI is InChI=1S/C16H21N5O2/c1-11-8-14(20-19-11)16(23)18-9-12-4-2-6-17-15(12)21-7-3-5-13(22)10-21/h2,4,6,8,13,22H,3,5,7,9-10H2,1H3,(H,18,23)(H,19,20). The average Bonchev–Trinajstić information content (AvgIpc) is 2.99. The van der Waals surface area contributed by atoms with Crippen molar-refractivity contribution >= 4 is 11.7 Å². The molecule has 7 heteroatoms. The number of hydrogen-bond acceptors (Lipinski definition) is 5. The summed E-state index contributed by atoms with van der Waals surface area (Å²) in [4.78, 5) is 18.6. The highest BCUT2D eigenvalue weighted by atomic mass is 16.3. The van der Waals surface area contributed by atoms with Gasteiger partial charge < -0.3 is 15.3 Å². The number of H-pyrrole nitrogens is 1. The number of aromatic nitrogens is 3. The lowest BCUT2D eigenvalue weighted by Crippen LogP contribution is -2.39. The average molecular weight is 315 g/mol. The Morgan fingerprint density at radius 2 is 2.43 bits per heavy atom. The number of aliphatic hydroxyl groups excluding tert-OH is 1. The maximum absolute atomic E-state index is 12.1. The summed E-state index contributed by atoms with van der Waals surface area (Å²) in [7, 11) is 0. The number of carbonyl (C=O) groups is 1. The summed E-state index contributed by atoms with van der Waals surface area (Å²) in [5, 5.41) is 19.4. The predicted octanol–water partition coefficient (Wildman–Crippen LogP) is 1.00. The van der Waals surface area contributed by atoms with Crippen molar-refractivity contribution in [3.05, 3.63) is 41.3 Å². The van der Waals surface area contributed by atoms with Gasteiger partial charge in [-0.15, -0.1) is 0 Å². The molecule has 3 rings (SSSR count). The number of aliphatic hydroxyl groups is 1. The smallest absolute Gasteiger partial charge is 0.272 e. The van der Waals surface area contributed by atoms with E-state index < -0.39 is 0 Å². The molecule has 0 saturated carbocycles. The molecule has 1 aliphatic heterocycles. The first kappa shape index (κ1) is 15.5. The number of nitrogens with zero attached hydrogens (tertiary/aromatic N) is 3. The Bertz CT molecular complexity index is 685. The van der Waals surface area contributed by atoms with Crippen LogP contribution < -0.4 is 10.2 Å². The molecule has 0 spiro atoms. The Kier molecular flexibility index (Phi) is 4.57. The number of rotatable bonds is 4. The zero-order chi connectivity index (χ0) is 16.2. The lowest BCUT2D eigenvalue weighted by Gasteiger charge is -2.32. The molecule has 1 fully saturated rings. The van der Waals surface area contributed by atoms with E-state index in [0.717, 1.165) is 36.5 Å². The van der Waals surface area contributed by atoms with E-state index in [2.05, 4.69) is 25.4 Å². The van der Waals surface area contributed by atoms with Gasteiger partial charge in [-0.1, -0.05) is 6.07 Å². The summed E-state index contributed by atoms with van der Waals surface area (Å²) in [6.07, 6.45) is 3.18. The Balaban J connectivity index is 1.69. The zero-order valence-electron chi connectivity index (χ0n) is 13.1. The predicted molar refractivity (Wildman–Crippen MR) is 86.2 cm³/mol. The Morgan fingerprint density at radius 1 is 1.57 bits per heavy atom. The molecule has 122 valence electrons. The molecular weight excluding hydrogens is 294 g/mol. The molecule has 3 N–H and O–H groups in total. The summed E-state index contributed by atoms with van der Waals surface area (Å²) in [5.74, 6) is 0.604. The lowest BCUT2D eigenvalue weighted by atomic mass is 10.1. The number of piperidine rings is 1. The third kappa shape index (κ3) is 3.68. The van der Waals surface area contributed by atoms with Crippen molar-refractivity contribution in [2.24, 2.45) is 0 Å². The van der Waals surface area contributed by atoms with Gasteiger partial charge in [0, 0.05) is 37.1 Å². The maximum atomic E-state index is 12.1. The van der Waals surface area contributed by atoms with Gasteiger partial charge in [0.05, 0.1) is 6.10 Å². The van der Waals surface area contributed by atoms with Gasteiger partial charge in [0.2, 0.25) is 0 Å².